The first-order valence-electron chi connectivity index (χ1n) is 4.77. The summed E-state index contributed by atoms with van der Waals surface area (Å²) in [4.78, 5) is 11.5. The van der Waals surface area contributed by atoms with Gasteiger partial charge in [0.25, 0.3) is 0 Å². The molecule has 0 aliphatic carbocycles. The number of carbonyl (C=O) groups excluding carboxylic acids is 1. The summed E-state index contributed by atoms with van der Waals surface area (Å²) < 4.78 is 0. The first-order chi connectivity index (χ1) is 7.24. The van der Waals surface area contributed by atoms with Crippen LogP contribution in [0.3, 0.4) is 0 Å². The molecule has 0 saturated carbocycles. The van der Waals surface area contributed by atoms with Gasteiger partial charge in [-0.25, -0.2) is 0 Å². The minimum atomic E-state index is -0.379. The number of thioether (sulfide) groups is 1. The molecule has 0 saturated heterocycles. The zero-order valence-electron chi connectivity index (χ0n) is 8.73. The summed E-state index contributed by atoms with van der Waals surface area (Å²) in [6.07, 6.45) is 2.74. The second-order valence-electron chi connectivity index (χ2n) is 3.24. The van der Waals surface area contributed by atoms with Crippen molar-refractivity contribution in [3.05, 3.63) is 22.4 Å². The molecule has 1 rings (SSSR count). The molecule has 0 radical (unpaired) electrons. The number of nitrogens with one attached hydrogen (secondary N) is 1. The Labute approximate surface area is 98.4 Å². The zero-order valence-corrected chi connectivity index (χ0v) is 10.4. The van der Waals surface area contributed by atoms with Crippen LogP contribution in [0.2, 0.25) is 0 Å². The van der Waals surface area contributed by atoms with Crippen molar-refractivity contribution >= 4 is 29.0 Å². The van der Waals surface area contributed by atoms with Crippen molar-refractivity contribution in [1.82, 2.24) is 5.32 Å². The molecule has 3 nitrogen and oxygen atoms in total. The lowest BCUT2D eigenvalue weighted by molar-refractivity contribution is -0.122. The van der Waals surface area contributed by atoms with Gasteiger partial charge in [-0.1, -0.05) is 0 Å². The maximum absolute atomic E-state index is 11.5. The molecule has 3 N–H and O–H groups in total. The smallest absolute Gasteiger partial charge is 0.237 e. The van der Waals surface area contributed by atoms with E-state index in [1.165, 1.54) is 0 Å². The number of carbonyl (C=O) groups is 1. The summed E-state index contributed by atoms with van der Waals surface area (Å²) in [5.41, 5.74) is 6.85. The van der Waals surface area contributed by atoms with E-state index in [1.54, 1.807) is 23.1 Å². The van der Waals surface area contributed by atoms with Crippen LogP contribution in [0.25, 0.3) is 0 Å². The number of rotatable bonds is 6. The fourth-order valence-corrected chi connectivity index (χ4v) is 2.25. The summed E-state index contributed by atoms with van der Waals surface area (Å²) in [5.74, 6) is 0.864. The van der Waals surface area contributed by atoms with E-state index in [9.17, 15) is 4.79 Å². The molecule has 0 aliphatic heterocycles. The monoisotopic (exact) mass is 244 g/mol. The van der Waals surface area contributed by atoms with Crippen LogP contribution in [-0.4, -0.2) is 24.0 Å². The van der Waals surface area contributed by atoms with Crippen molar-refractivity contribution in [2.45, 2.75) is 19.0 Å². The summed E-state index contributed by atoms with van der Waals surface area (Å²) >= 11 is 3.33. The van der Waals surface area contributed by atoms with Gasteiger partial charge in [-0.3, -0.25) is 4.79 Å². The third-order valence-electron chi connectivity index (χ3n) is 2.02. The Hall–Kier alpha value is -0.520. The Bertz CT molecular complexity index is 288. The quantitative estimate of drug-likeness (QED) is 0.796. The van der Waals surface area contributed by atoms with E-state index in [-0.39, 0.29) is 11.9 Å². The molecule has 0 spiro atoms. The van der Waals surface area contributed by atoms with Gasteiger partial charge in [-0.05, 0) is 40.8 Å². The van der Waals surface area contributed by atoms with Gasteiger partial charge in [0.15, 0.2) is 0 Å². The Morgan fingerprint density at radius 1 is 1.73 bits per heavy atom. The first kappa shape index (κ1) is 12.5. The van der Waals surface area contributed by atoms with Crippen molar-refractivity contribution in [3.8, 4) is 0 Å². The Morgan fingerprint density at radius 2 is 2.53 bits per heavy atom. The van der Waals surface area contributed by atoms with E-state index < -0.39 is 0 Å². The molecular weight excluding hydrogens is 228 g/mol. The van der Waals surface area contributed by atoms with Crippen molar-refractivity contribution in [1.29, 1.82) is 0 Å². The minimum Gasteiger partial charge on any atom is -0.351 e. The van der Waals surface area contributed by atoms with Gasteiger partial charge in [0.1, 0.15) is 0 Å². The van der Waals surface area contributed by atoms with Crippen LogP contribution in [0.15, 0.2) is 16.8 Å². The van der Waals surface area contributed by atoms with E-state index in [0.717, 1.165) is 17.7 Å². The van der Waals surface area contributed by atoms with Gasteiger partial charge in [-0.15, -0.1) is 0 Å². The predicted molar refractivity (Wildman–Crippen MR) is 67.1 cm³/mol. The lowest BCUT2D eigenvalue weighted by Gasteiger charge is -2.10. The van der Waals surface area contributed by atoms with Crippen LogP contribution in [-0.2, 0) is 11.3 Å². The van der Waals surface area contributed by atoms with Crippen molar-refractivity contribution in [2.24, 2.45) is 5.73 Å². The maximum atomic E-state index is 11.5. The molecule has 1 aromatic rings. The standard InChI is InChI=1S/C10H16N2OS2/c1-14-4-3-9(11)10(13)12-6-8-2-5-15-7-8/h2,5,7,9H,3-4,6,11H2,1H3,(H,12,13)/t9-/m1/s1. The molecule has 0 aliphatic rings. The number of nitrogens with two attached hydrogens (primary N) is 1. The van der Waals surface area contributed by atoms with Crippen LogP contribution in [0, 0.1) is 0 Å². The zero-order chi connectivity index (χ0) is 11.1. The molecule has 1 aromatic heterocycles. The highest BCUT2D eigenvalue weighted by Crippen LogP contribution is 2.05. The van der Waals surface area contributed by atoms with Crippen molar-refractivity contribution < 1.29 is 4.79 Å². The molecule has 1 amide bonds. The normalized spacial score (nSPS) is 12.4. The highest BCUT2D eigenvalue weighted by molar-refractivity contribution is 7.98. The molecular formula is C10H16N2OS2. The summed E-state index contributed by atoms with van der Waals surface area (Å²) in [6.45, 7) is 0.579. The third kappa shape index (κ3) is 4.68. The fraction of sp³-hybridized carbons (Fsp3) is 0.500. The van der Waals surface area contributed by atoms with Gasteiger partial charge < -0.3 is 11.1 Å². The molecule has 0 unspecified atom stereocenters. The predicted octanol–water partition coefficient (Wildman–Crippen LogP) is 1.44. The molecule has 1 heterocycles. The van der Waals surface area contributed by atoms with Gasteiger partial charge >= 0.3 is 0 Å². The average molecular weight is 244 g/mol. The summed E-state index contributed by atoms with van der Waals surface area (Å²) in [5, 5.41) is 6.84. The van der Waals surface area contributed by atoms with E-state index >= 15 is 0 Å². The van der Waals surface area contributed by atoms with Gasteiger partial charge in [-0.2, -0.15) is 23.1 Å². The molecule has 84 valence electrons. The molecule has 0 aromatic carbocycles. The fourth-order valence-electron chi connectivity index (χ4n) is 1.09. The molecule has 0 bridgehead atoms. The van der Waals surface area contributed by atoms with Crippen LogP contribution in [0.4, 0.5) is 0 Å². The highest BCUT2D eigenvalue weighted by Gasteiger charge is 2.11. The largest absolute Gasteiger partial charge is 0.351 e. The third-order valence-corrected chi connectivity index (χ3v) is 3.39. The Kier molecular flexibility index (Phi) is 5.75. The van der Waals surface area contributed by atoms with Crippen LogP contribution in [0.1, 0.15) is 12.0 Å². The SMILES string of the molecule is CSCC[C@@H](N)C(=O)NCc1ccsc1. The second kappa shape index (κ2) is 6.87. The van der Waals surface area contributed by atoms with E-state index in [4.69, 9.17) is 5.73 Å². The van der Waals surface area contributed by atoms with Crippen LogP contribution in [0.5, 0.6) is 0 Å². The minimum absolute atomic E-state index is 0.0600. The van der Waals surface area contributed by atoms with Gasteiger partial charge in [0.05, 0.1) is 6.04 Å². The summed E-state index contributed by atoms with van der Waals surface area (Å²) in [6, 6.07) is 1.62. The Morgan fingerprint density at radius 3 is 3.13 bits per heavy atom. The lowest BCUT2D eigenvalue weighted by Crippen LogP contribution is -2.40. The number of thiophene rings is 1. The highest BCUT2D eigenvalue weighted by atomic mass is 32.2. The van der Waals surface area contributed by atoms with Crippen molar-refractivity contribution in [2.75, 3.05) is 12.0 Å². The lowest BCUT2D eigenvalue weighted by atomic mass is 10.2. The molecule has 5 heteroatoms. The number of amides is 1. The second-order valence-corrected chi connectivity index (χ2v) is 5.00. The molecule has 0 fully saturated rings. The van der Waals surface area contributed by atoms with Crippen LogP contribution < -0.4 is 11.1 Å². The van der Waals surface area contributed by atoms with Crippen LogP contribution >= 0.6 is 23.1 Å². The maximum Gasteiger partial charge on any atom is 0.237 e. The average Bonchev–Trinajstić information content (AvgIpc) is 2.75. The van der Waals surface area contributed by atoms with Gasteiger partial charge in [0, 0.05) is 6.54 Å². The molecule has 15 heavy (non-hydrogen) atoms. The first-order valence-corrected chi connectivity index (χ1v) is 7.11. The topological polar surface area (TPSA) is 55.1 Å². The van der Waals surface area contributed by atoms with E-state index in [0.29, 0.717) is 6.54 Å². The van der Waals surface area contributed by atoms with E-state index in [2.05, 4.69) is 5.32 Å². The van der Waals surface area contributed by atoms with E-state index in [1.807, 2.05) is 23.1 Å². The van der Waals surface area contributed by atoms with Crippen molar-refractivity contribution in [3.63, 3.8) is 0 Å². The number of hydrogen-bond acceptors (Lipinski definition) is 4. The molecule has 1 atom stereocenters. The Balaban J connectivity index is 2.23. The number of hydrogen-bond donors (Lipinski definition) is 2. The van der Waals surface area contributed by atoms with Gasteiger partial charge in [0.2, 0.25) is 5.91 Å². The summed E-state index contributed by atoms with van der Waals surface area (Å²) in [7, 11) is 0.